The molecule has 1 rings (SSSR count). The Morgan fingerprint density at radius 2 is 1.92 bits per heavy atom. The maximum Gasteiger partial charge on any atom is 0.153 e. The highest BCUT2D eigenvalue weighted by atomic mass is 35.5. The summed E-state index contributed by atoms with van der Waals surface area (Å²) in [7, 11) is 1.43. The van der Waals surface area contributed by atoms with Crippen molar-refractivity contribution in [2.24, 2.45) is 0 Å². The summed E-state index contributed by atoms with van der Waals surface area (Å²) in [6, 6.07) is 5.04. The molecule has 0 amide bonds. The molecule has 0 N–H and O–H groups in total. The normalized spacial score (nSPS) is 12.5. The summed E-state index contributed by atoms with van der Waals surface area (Å²) in [4.78, 5) is 10.6. The molecule has 1 atom stereocenters. The maximum atomic E-state index is 10.6. The molecule has 0 radical (unpaired) electrons. The molecule has 0 spiro atoms. The van der Waals surface area contributed by atoms with Gasteiger partial charge in [-0.1, -0.05) is 29.3 Å². The van der Waals surface area contributed by atoms with Crippen LogP contribution in [0.15, 0.2) is 18.2 Å². The molecule has 0 aliphatic carbocycles. The van der Waals surface area contributed by atoms with E-state index in [4.69, 9.17) is 27.9 Å². The molecule has 2 nitrogen and oxygen atoms in total. The van der Waals surface area contributed by atoms with Crippen LogP contribution in [-0.2, 0) is 9.53 Å². The fraction of sp³-hybridized carbons (Fsp3) is 0.222. The molecule has 70 valence electrons. The van der Waals surface area contributed by atoms with E-state index in [0.29, 0.717) is 21.9 Å². The van der Waals surface area contributed by atoms with E-state index in [2.05, 4.69) is 0 Å². The van der Waals surface area contributed by atoms with Gasteiger partial charge in [0.15, 0.2) is 6.29 Å². The summed E-state index contributed by atoms with van der Waals surface area (Å²) >= 11 is 11.7. The van der Waals surface area contributed by atoms with Gasteiger partial charge in [0.25, 0.3) is 0 Å². The van der Waals surface area contributed by atoms with Gasteiger partial charge in [-0.3, -0.25) is 0 Å². The zero-order chi connectivity index (χ0) is 9.84. The van der Waals surface area contributed by atoms with Crippen molar-refractivity contribution in [1.29, 1.82) is 0 Å². The van der Waals surface area contributed by atoms with Crippen molar-refractivity contribution in [3.63, 3.8) is 0 Å². The Balaban J connectivity index is 3.17. The van der Waals surface area contributed by atoms with E-state index in [1.54, 1.807) is 18.2 Å². The van der Waals surface area contributed by atoms with E-state index >= 15 is 0 Å². The molecule has 0 bridgehead atoms. The van der Waals surface area contributed by atoms with Crippen molar-refractivity contribution >= 4 is 29.5 Å². The lowest BCUT2D eigenvalue weighted by Gasteiger charge is -2.11. The Hall–Kier alpha value is -0.570. The first kappa shape index (κ1) is 10.5. The Kier molecular flexibility index (Phi) is 3.72. The fourth-order valence-electron chi connectivity index (χ4n) is 1.02. The summed E-state index contributed by atoms with van der Waals surface area (Å²) in [5.74, 6) is 0. The first-order valence-corrected chi connectivity index (χ1v) is 4.38. The third kappa shape index (κ3) is 2.21. The molecule has 0 aliphatic rings. The van der Waals surface area contributed by atoms with E-state index < -0.39 is 6.10 Å². The van der Waals surface area contributed by atoms with Crippen molar-refractivity contribution < 1.29 is 9.53 Å². The number of hydrogen-bond donors (Lipinski definition) is 0. The topological polar surface area (TPSA) is 26.3 Å². The Labute approximate surface area is 86.4 Å². The average molecular weight is 219 g/mol. The SMILES string of the molecule is COC(C=O)c1c(Cl)cccc1Cl. The Morgan fingerprint density at radius 3 is 2.31 bits per heavy atom. The lowest BCUT2D eigenvalue weighted by molar-refractivity contribution is -0.116. The summed E-state index contributed by atoms with van der Waals surface area (Å²) in [5, 5.41) is 0.873. The van der Waals surface area contributed by atoms with Crippen LogP contribution >= 0.6 is 23.2 Å². The molecular weight excluding hydrogens is 211 g/mol. The minimum atomic E-state index is -0.693. The fourth-order valence-corrected chi connectivity index (χ4v) is 1.64. The molecule has 4 heteroatoms. The third-order valence-corrected chi connectivity index (χ3v) is 2.32. The summed E-state index contributed by atoms with van der Waals surface area (Å²) in [6.45, 7) is 0. The summed E-state index contributed by atoms with van der Waals surface area (Å²) < 4.78 is 4.91. The molecule has 0 saturated carbocycles. The van der Waals surface area contributed by atoms with Gasteiger partial charge in [0.05, 0.1) is 0 Å². The predicted octanol–water partition coefficient (Wildman–Crippen LogP) is 2.88. The lowest BCUT2D eigenvalue weighted by atomic mass is 10.1. The van der Waals surface area contributed by atoms with Gasteiger partial charge >= 0.3 is 0 Å². The molecule has 0 heterocycles. The number of rotatable bonds is 3. The van der Waals surface area contributed by atoms with Crippen LogP contribution in [0.4, 0.5) is 0 Å². The second kappa shape index (κ2) is 4.61. The highest BCUT2D eigenvalue weighted by molar-refractivity contribution is 6.36. The van der Waals surface area contributed by atoms with Gasteiger partial charge in [-0.05, 0) is 12.1 Å². The second-order valence-electron chi connectivity index (χ2n) is 2.43. The molecule has 0 saturated heterocycles. The summed E-state index contributed by atoms with van der Waals surface area (Å²) in [6.07, 6.45) is -0.0335. The molecule has 1 aromatic rings. The quantitative estimate of drug-likeness (QED) is 0.730. The first-order valence-electron chi connectivity index (χ1n) is 3.62. The zero-order valence-corrected chi connectivity index (χ0v) is 8.47. The van der Waals surface area contributed by atoms with Crippen LogP contribution in [0.3, 0.4) is 0 Å². The van der Waals surface area contributed by atoms with Gasteiger partial charge in [-0.25, -0.2) is 0 Å². The highest BCUT2D eigenvalue weighted by Crippen LogP contribution is 2.30. The molecule has 0 aromatic heterocycles. The Morgan fingerprint density at radius 1 is 1.38 bits per heavy atom. The number of hydrogen-bond acceptors (Lipinski definition) is 2. The number of methoxy groups -OCH3 is 1. The van der Waals surface area contributed by atoms with Gasteiger partial charge in [-0.15, -0.1) is 0 Å². The van der Waals surface area contributed by atoms with Crippen LogP contribution in [-0.4, -0.2) is 13.4 Å². The van der Waals surface area contributed by atoms with Crippen molar-refractivity contribution in [3.8, 4) is 0 Å². The van der Waals surface area contributed by atoms with Gasteiger partial charge in [0.2, 0.25) is 0 Å². The van der Waals surface area contributed by atoms with Crippen LogP contribution in [0.2, 0.25) is 10.0 Å². The molecule has 13 heavy (non-hydrogen) atoms. The number of carbonyl (C=O) groups is 1. The molecule has 1 aromatic carbocycles. The highest BCUT2D eigenvalue weighted by Gasteiger charge is 2.15. The number of ether oxygens (including phenoxy) is 1. The van der Waals surface area contributed by atoms with Gasteiger partial charge in [0, 0.05) is 22.7 Å². The number of carbonyl (C=O) groups excluding carboxylic acids is 1. The van der Waals surface area contributed by atoms with Crippen molar-refractivity contribution in [3.05, 3.63) is 33.8 Å². The first-order chi connectivity index (χ1) is 6.20. The molecular formula is C9H8Cl2O2. The predicted molar refractivity (Wildman–Crippen MR) is 52.3 cm³/mol. The molecule has 0 aliphatic heterocycles. The van der Waals surface area contributed by atoms with Crippen LogP contribution in [0.5, 0.6) is 0 Å². The van der Waals surface area contributed by atoms with E-state index in [0.717, 1.165) is 0 Å². The van der Waals surface area contributed by atoms with E-state index in [1.807, 2.05) is 0 Å². The Bertz CT molecular complexity index is 292. The number of aldehydes is 1. The number of halogens is 2. The molecule has 0 fully saturated rings. The minimum Gasteiger partial charge on any atom is -0.369 e. The largest absolute Gasteiger partial charge is 0.369 e. The van der Waals surface area contributed by atoms with E-state index in [-0.39, 0.29) is 0 Å². The van der Waals surface area contributed by atoms with Crippen molar-refractivity contribution in [1.82, 2.24) is 0 Å². The van der Waals surface area contributed by atoms with Crippen molar-refractivity contribution in [2.45, 2.75) is 6.10 Å². The average Bonchev–Trinajstić information content (AvgIpc) is 2.11. The van der Waals surface area contributed by atoms with Gasteiger partial charge in [0.1, 0.15) is 6.10 Å². The summed E-state index contributed by atoms with van der Waals surface area (Å²) in [5.41, 5.74) is 0.517. The van der Waals surface area contributed by atoms with Gasteiger partial charge in [-0.2, -0.15) is 0 Å². The number of benzene rings is 1. The lowest BCUT2D eigenvalue weighted by Crippen LogP contribution is -2.03. The standard InChI is InChI=1S/C9H8Cl2O2/c1-13-8(5-12)9-6(10)3-2-4-7(9)11/h2-5,8H,1H3. The van der Waals surface area contributed by atoms with Crippen LogP contribution in [0, 0.1) is 0 Å². The third-order valence-electron chi connectivity index (χ3n) is 1.66. The van der Waals surface area contributed by atoms with Crippen LogP contribution in [0.25, 0.3) is 0 Å². The molecule has 1 unspecified atom stereocenters. The van der Waals surface area contributed by atoms with Crippen molar-refractivity contribution in [2.75, 3.05) is 7.11 Å². The van der Waals surface area contributed by atoms with E-state index in [9.17, 15) is 4.79 Å². The maximum absolute atomic E-state index is 10.6. The zero-order valence-electron chi connectivity index (χ0n) is 6.96. The van der Waals surface area contributed by atoms with Crippen LogP contribution < -0.4 is 0 Å². The second-order valence-corrected chi connectivity index (χ2v) is 3.24. The van der Waals surface area contributed by atoms with Crippen LogP contribution in [0.1, 0.15) is 11.7 Å². The monoisotopic (exact) mass is 218 g/mol. The minimum absolute atomic E-state index is 0.437. The smallest absolute Gasteiger partial charge is 0.153 e. The van der Waals surface area contributed by atoms with E-state index in [1.165, 1.54) is 7.11 Å². The van der Waals surface area contributed by atoms with Gasteiger partial charge < -0.3 is 9.53 Å².